The predicted molar refractivity (Wildman–Crippen MR) is 60.6 cm³/mol. The smallest absolute Gasteiger partial charge is 0.0621 e. The molecule has 0 radical (unpaired) electrons. The molecule has 4 heteroatoms. The van der Waals surface area contributed by atoms with Crippen LogP contribution in [0.3, 0.4) is 0 Å². The van der Waals surface area contributed by atoms with Gasteiger partial charge >= 0.3 is 0 Å². The molecule has 0 unspecified atom stereocenters. The first-order valence-corrected chi connectivity index (χ1v) is 5.55. The van der Waals surface area contributed by atoms with E-state index in [9.17, 15) is 0 Å². The Morgan fingerprint density at radius 2 is 1.12 bits per heavy atom. The van der Waals surface area contributed by atoms with Crippen LogP contribution in [0, 0.1) is 39.4 Å². The van der Waals surface area contributed by atoms with Crippen molar-refractivity contribution in [2.45, 2.75) is 44.9 Å². The number of rotatable bonds is 8. The lowest BCUT2D eigenvalue weighted by Gasteiger charge is -2.31. The van der Waals surface area contributed by atoms with Crippen LogP contribution in [0.1, 0.15) is 44.9 Å². The summed E-state index contributed by atoms with van der Waals surface area (Å²) in [6.45, 7) is 0.544. The molecule has 16 heavy (non-hydrogen) atoms. The van der Waals surface area contributed by atoms with Crippen molar-refractivity contribution in [2.75, 3.05) is 6.54 Å². The van der Waals surface area contributed by atoms with Gasteiger partial charge in [-0.15, -0.1) is 0 Å². The van der Waals surface area contributed by atoms with Crippen molar-refractivity contribution in [2.24, 2.45) is 11.1 Å². The van der Waals surface area contributed by atoms with Gasteiger partial charge in [-0.2, -0.15) is 15.8 Å². The van der Waals surface area contributed by atoms with E-state index in [4.69, 9.17) is 21.5 Å². The Morgan fingerprint density at radius 3 is 1.38 bits per heavy atom. The van der Waals surface area contributed by atoms with Gasteiger partial charge in [0.15, 0.2) is 0 Å². The molecule has 0 aliphatic rings. The van der Waals surface area contributed by atoms with E-state index in [1.54, 1.807) is 0 Å². The fourth-order valence-electron chi connectivity index (χ4n) is 2.02. The number of nitriles is 3. The molecule has 0 bridgehead atoms. The highest BCUT2D eigenvalue weighted by molar-refractivity contribution is 4.89. The van der Waals surface area contributed by atoms with Crippen LogP contribution < -0.4 is 5.73 Å². The second-order valence-electron chi connectivity index (χ2n) is 4.01. The highest BCUT2D eigenvalue weighted by atomic mass is 14.5. The molecule has 86 valence electrons. The van der Waals surface area contributed by atoms with E-state index >= 15 is 0 Å². The zero-order chi connectivity index (χ0) is 12.3. The third-order valence-electron chi connectivity index (χ3n) is 2.98. The molecule has 0 aliphatic carbocycles. The Balaban J connectivity index is 4.54. The molecule has 2 N–H and O–H groups in total. The molecule has 4 nitrogen and oxygen atoms in total. The Kier molecular flexibility index (Phi) is 7.86. The van der Waals surface area contributed by atoms with Gasteiger partial charge in [-0.3, -0.25) is 0 Å². The average molecular weight is 218 g/mol. The average Bonchev–Trinajstić information content (AvgIpc) is 2.31. The van der Waals surface area contributed by atoms with E-state index < -0.39 is 0 Å². The first-order chi connectivity index (χ1) is 7.74. The highest BCUT2D eigenvalue weighted by Gasteiger charge is 2.28. The molecule has 0 saturated carbocycles. The van der Waals surface area contributed by atoms with Crippen molar-refractivity contribution in [1.29, 1.82) is 15.8 Å². The number of hydrogen-bond acceptors (Lipinski definition) is 4. The van der Waals surface area contributed by atoms with Gasteiger partial charge in [-0.05, 0) is 37.6 Å². The van der Waals surface area contributed by atoms with Gasteiger partial charge in [0, 0.05) is 19.3 Å². The molecule has 0 spiro atoms. The molecular formula is C12H18N4. The minimum absolute atomic E-state index is 0.0874. The van der Waals surface area contributed by atoms with E-state index in [0.29, 0.717) is 25.8 Å². The Hall–Kier alpha value is -1.57. The lowest BCUT2D eigenvalue weighted by atomic mass is 9.73. The van der Waals surface area contributed by atoms with Gasteiger partial charge < -0.3 is 5.73 Å². The molecule has 0 aromatic heterocycles. The Labute approximate surface area is 97.3 Å². The maximum atomic E-state index is 8.64. The zero-order valence-corrected chi connectivity index (χ0v) is 9.58. The minimum atomic E-state index is -0.0874. The number of nitrogens with two attached hydrogens (primary N) is 1. The fourth-order valence-corrected chi connectivity index (χ4v) is 2.02. The monoisotopic (exact) mass is 218 g/mol. The molecule has 0 aromatic rings. The molecule has 0 heterocycles. The molecule has 0 fully saturated rings. The van der Waals surface area contributed by atoms with Crippen LogP contribution in [0.2, 0.25) is 0 Å². The molecule has 0 aromatic carbocycles. The topological polar surface area (TPSA) is 97.4 Å². The van der Waals surface area contributed by atoms with Crippen LogP contribution in [-0.2, 0) is 0 Å². The van der Waals surface area contributed by atoms with Crippen LogP contribution in [0.4, 0.5) is 0 Å². The highest BCUT2D eigenvalue weighted by Crippen LogP contribution is 2.37. The van der Waals surface area contributed by atoms with E-state index in [1.807, 2.05) is 0 Å². The Bertz CT molecular complexity index is 257. The predicted octanol–water partition coefficient (Wildman–Crippen LogP) is 2.23. The van der Waals surface area contributed by atoms with Crippen LogP contribution in [-0.4, -0.2) is 6.54 Å². The third-order valence-corrected chi connectivity index (χ3v) is 2.98. The zero-order valence-electron chi connectivity index (χ0n) is 9.58. The maximum Gasteiger partial charge on any atom is 0.0621 e. The normalized spacial score (nSPS) is 10.1. The summed E-state index contributed by atoms with van der Waals surface area (Å²) in [4.78, 5) is 0. The Morgan fingerprint density at radius 1 is 0.750 bits per heavy atom. The lowest BCUT2D eigenvalue weighted by molar-refractivity contribution is 0.210. The van der Waals surface area contributed by atoms with Crippen LogP contribution in [0.25, 0.3) is 0 Å². The lowest BCUT2D eigenvalue weighted by Crippen LogP contribution is -2.24. The van der Waals surface area contributed by atoms with Crippen molar-refractivity contribution in [3.8, 4) is 18.2 Å². The first kappa shape index (κ1) is 14.4. The number of hydrogen-bond donors (Lipinski definition) is 1. The molecule has 0 amide bonds. The van der Waals surface area contributed by atoms with E-state index in [0.717, 1.165) is 25.7 Å². The summed E-state index contributed by atoms with van der Waals surface area (Å²) in [5, 5.41) is 25.9. The summed E-state index contributed by atoms with van der Waals surface area (Å²) in [6, 6.07) is 6.38. The van der Waals surface area contributed by atoms with Gasteiger partial charge in [0.05, 0.1) is 18.2 Å². The van der Waals surface area contributed by atoms with Crippen LogP contribution in [0.15, 0.2) is 0 Å². The van der Waals surface area contributed by atoms with Gasteiger partial charge in [0.25, 0.3) is 0 Å². The SMILES string of the molecule is N#CCCC(CCN)(CCC#N)CCC#N. The summed E-state index contributed by atoms with van der Waals surface area (Å²) in [7, 11) is 0. The number of nitrogens with zero attached hydrogens (tertiary/aromatic N) is 3. The van der Waals surface area contributed by atoms with E-state index in [2.05, 4.69) is 18.2 Å². The molecule has 0 rings (SSSR count). The minimum Gasteiger partial charge on any atom is -0.330 e. The van der Waals surface area contributed by atoms with Crippen molar-refractivity contribution in [1.82, 2.24) is 0 Å². The summed E-state index contributed by atoms with van der Waals surface area (Å²) in [6.07, 6.45) is 4.42. The summed E-state index contributed by atoms with van der Waals surface area (Å²) >= 11 is 0. The second kappa shape index (κ2) is 8.72. The fraction of sp³-hybridized carbons (Fsp3) is 0.750. The second-order valence-corrected chi connectivity index (χ2v) is 4.01. The molecular weight excluding hydrogens is 200 g/mol. The van der Waals surface area contributed by atoms with Crippen LogP contribution in [0.5, 0.6) is 0 Å². The van der Waals surface area contributed by atoms with Gasteiger partial charge in [-0.25, -0.2) is 0 Å². The molecule has 0 aliphatic heterocycles. The largest absolute Gasteiger partial charge is 0.330 e. The standard InChI is InChI=1S/C12H18N4/c13-8-1-4-12(7-11-16,5-2-9-14)6-3-10-15/h1-7,11,16H2. The van der Waals surface area contributed by atoms with Crippen molar-refractivity contribution >= 4 is 0 Å². The van der Waals surface area contributed by atoms with Crippen molar-refractivity contribution in [3.05, 3.63) is 0 Å². The first-order valence-electron chi connectivity index (χ1n) is 5.55. The summed E-state index contributed by atoms with van der Waals surface area (Å²) < 4.78 is 0. The van der Waals surface area contributed by atoms with E-state index in [1.165, 1.54) is 0 Å². The molecule has 0 atom stereocenters. The summed E-state index contributed by atoms with van der Waals surface area (Å²) in [5.41, 5.74) is 5.49. The van der Waals surface area contributed by atoms with Gasteiger partial charge in [0.1, 0.15) is 0 Å². The maximum absolute atomic E-state index is 8.64. The van der Waals surface area contributed by atoms with Crippen molar-refractivity contribution in [3.63, 3.8) is 0 Å². The van der Waals surface area contributed by atoms with Gasteiger partial charge in [-0.1, -0.05) is 0 Å². The third kappa shape index (κ3) is 5.35. The van der Waals surface area contributed by atoms with Crippen LogP contribution >= 0.6 is 0 Å². The quantitative estimate of drug-likeness (QED) is 0.675. The summed E-state index contributed by atoms with van der Waals surface area (Å²) in [5.74, 6) is 0. The van der Waals surface area contributed by atoms with E-state index in [-0.39, 0.29) is 5.41 Å². The van der Waals surface area contributed by atoms with Gasteiger partial charge in [0.2, 0.25) is 0 Å². The molecule has 0 saturated heterocycles. The van der Waals surface area contributed by atoms with Crippen molar-refractivity contribution < 1.29 is 0 Å².